The van der Waals surface area contributed by atoms with E-state index in [-0.39, 0.29) is 29.7 Å². The first-order valence-electron chi connectivity index (χ1n) is 11.4. The molecule has 172 valence electrons. The SMILES string of the molecule is CC[C@H](C)NC(=O)C1CCN(C(=O)C2CCN(S(=O)(=O)c3ccc(C)cc3)CC2)CC1. The van der Waals surface area contributed by atoms with Crippen molar-refractivity contribution in [1.82, 2.24) is 14.5 Å². The number of nitrogens with zero attached hydrogens (tertiary/aromatic N) is 2. The molecule has 2 heterocycles. The van der Waals surface area contributed by atoms with Gasteiger partial charge in [-0.15, -0.1) is 0 Å². The largest absolute Gasteiger partial charge is 0.353 e. The number of carbonyl (C=O) groups is 2. The molecule has 0 bridgehead atoms. The predicted octanol–water partition coefficient (Wildman–Crippen LogP) is 2.55. The first-order chi connectivity index (χ1) is 14.7. The normalized spacial score (nSPS) is 20.4. The van der Waals surface area contributed by atoms with Crippen LogP contribution < -0.4 is 5.32 Å². The highest BCUT2D eigenvalue weighted by molar-refractivity contribution is 7.89. The molecular weight excluding hydrogens is 414 g/mol. The minimum Gasteiger partial charge on any atom is -0.353 e. The number of benzene rings is 1. The Morgan fingerprint density at radius 2 is 1.55 bits per heavy atom. The van der Waals surface area contributed by atoms with Gasteiger partial charge < -0.3 is 10.2 Å². The van der Waals surface area contributed by atoms with E-state index in [1.807, 2.05) is 25.7 Å². The molecule has 2 aliphatic heterocycles. The van der Waals surface area contributed by atoms with Crippen molar-refractivity contribution in [3.8, 4) is 0 Å². The first kappa shape index (κ1) is 23.7. The molecule has 0 aromatic heterocycles. The Bertz CT molecular complexity index is 869. The lowest BCUT2D eigenvalue weighted by molar-refractivity contribution is -0.140. The lowest BCUT2D eigenvalue weighted by Crippen LogP contribution is -2.48. The van der Waals surface area contributed by atoms with Gasteiger partial charge in [0.05, 0.1) is 4.90 Å². The zero-order valence-electron chi connectivity index (χ0n) is 18.8. The molecule has 2 fully saturated rings. The number of sulfonamides is 1. The average Bonchev–Trinajstić information content (AvgIpc) is 2.79. The molecule has 1 aromatic rings. The maximum absolute atomic E-state index is 13.0. The van der Waals surface area contributed by atoms with Crippen LogP contribution in [0.25, 0.3) is 0 Å². The summed E-state index contributed by atoms with van der Waals surface area (Å²) >= 11 is 0. The molecule has 2 amide bonds. The van der Waals surface area contributed by atoms with E-state index >= 15 is 0 Å². The van der Waals surface area contributed by atoms with E-state index in [4.69, 9.17) is 0 Å². The van der Waals surface area contributed by atoms with Crippen LogP contribution in [-0.4, -0.2) is 61.7 Å². The van der Waals surface area contributed by atoms with Crippen LogP contribution in [0.4, 0.5) is 0 Å². The molecule has 1 aromatic carbocycles. The van der Waals surface area contributed by atoms with E-state index in [9.17, 15) is 18.0 Å². The molecule has 8 heteroatoms. The van der Waals surface area contributed by atoms with Crippen molar-refractivity contribution in [2.24, 2.45) is 11.8 Å². The molecule has 3 rings (SSSR count). The van der Waals surface area contributed by atoms with Gasteiger partial charge in [-0.3, -0.25) is 9.59 Å². The summed E-state index contributed by atoms with van der Waals surface area (Å²) in [6.45, 7) is 7.89. The topological polar surface area (TPSA) is 86.8 Å². The Balaban J connectivity index is 1.49. The molecule has 0 saturated carbocycles. The quantitative estimate of drug-likeness (QED) is 0.723. The lowest BCUT2D eigenvalue weighted by atomic mass is 9.92. The smallest absolute Gasteiger partial charge is 0.243 e. The maximum Gasteiger partial charge on any atom is 0.243 e. The fourth-order valence-electron chi connectivity index (χ4n) is 4.29. The third kappa shape index (κ3) is 5.66. The van der Waals surface area contributed by atoms with Crippen LogP contribution in [0.2, 0.25) is 0 Å². The van der Waals surface area contributed by atoms with E-state index in [0.717, 1.165) is 12.0 Å². The minimum atomic E-state index is -3.52. The standard InChI is InChI=1S/C23H35N3O4S/c1-4-18(3)24-22(27)19-9-13-25(14-10-19)23(28)20-11-15-26(16-12-20)31(29,30)21-7-5-17(2)6-8-21/h5-8,18-20H,4,9-16H2,1-3H3,(H,24,27)/t18-/m0/s1. The van der Waals surface area contributed by atoms with Crippen LogP contribution in [-0.2, 0) is 19.6 Å². The van der Waals surface area contributed by atoms with Crippen LogP contribution in [0.1, 0.15) is 51.5 Å². The highest BCUT2D eigenvalue weighted by Gasteiger charge is 2.35. The maximum atomic E-state index is 13.0. The third-order valence-electron chi connectivity index (χ3n) is 6.64. The van der Waals surface area contributed by atoms with E-state index < -0.39 is 10.0 Å². The van der Waals surface area contributed by atoms with Gasteiger partial charge >= 0.3 is 0 Å². The Kier molecular flexibility index (Phi) is 7.75. The molecular formula is C23H35N3O4S. The Morgan fingerprint density at radius 3 is 2.10 bits per heavy atom. The highest BCUT2D eigenvalue weighted by Crippen LogP contribution is 2.27. The Hall–Kier alpha value is -1.93. The summed E-state index contributed by atoms with van der Waals surface area (Å²) in [5.74, 6) is 0.0266. The van der Waals surface area contributed by atoms with E-state index in [1.54, 1.807) is 24.3 Å². The van der Waals surface area contributed by atoms with Crippen LogP contribution in [0.5, 0.6) is 0 Å². The third-order valence-corrected chi connectivity index (χ3v) is 8.55. The van der Waals surface area contributed by atoms with Crippen molar-refractivity contribution in [3.63, 3.8) is 0 Å². The van der Waals surface area contributed by atoms with Gasteiger partial charge in [0.2, 0.25) is 21.8 Å². The van der Waals surface area contributed by atoms with E-state index in [2.05, 4.69) is 5.32 Å². The number of amides is 2. The van der Waals surface area contributed by atoms with E-state index in [0.29, 0.717) is 56.8 Å². The van der Waals surface area contributed by atoms with Crippen LogP contribution >= 0.6 is 0 Å². The highest BCUT2D eigenvalue weighted by atomic mass is 32.2. The Morgan fingerprint density at radius 1 is 1.00 bits per heavy atom. The van der Waals surface area contributed by atoms with Crippen molar-refractivity contribution < 1.29 is 18.0 Å². The second-order valence-corrected chi connectivity index (χ2v) is 10.8. The van der Waals surface area contributed by atoms with Crippen molar-refractivity contribution in [2.75, 3.05) is 26.2 Å². The zero-order valence-corrected chi connectivity index (χ0v) is 19.7. The molecule has 31 heavy (non-hydrogen) atoms. The summed E-state index contributed by atoms with van der Waals surface area (Å²) in [6.07, 6.45) is 3.36. The fraction of sp³-hybridized carbons (Fsp3) is 0.652. The van der Waals surface area contributed by atoms with Crippen LogP contribution in [0.15, 0.2) is 29.2 Å². The molecule has 1 atom stereocenters. The van der Waals surface area contributed by atoms with E-state index in [1.165, 1.54) is 4.31 Å². The van der Waals surface area contributed by atoms with Gasteiger partial charge in [-0.1, -0.05) is 24.6 Å². The van der Waals surface area contributed by atoms with Crippen molar-refractivity contribution in [3.05, 3.63) is 29.8 Å². The summed E-state index contributed by atoms with van der Waals surface area (Å²) < 4.78 is 27.2. The fourth-order valence-corrected chi connectivity index (χ4v) is 5.76. The lowest BCUT2D eigenvalue weighted by Gasteiger charge is -2.36. The van der Waals surface area contributed by atoms with Gasteiger partial charge in [0, 0.05) is 44.1 Å². The molecule has 0 aliphatic carbocycles. The number of hydrogen-bond acceptors (Lipinski definition) is 4. The van der Waals surface area contributed by atoms with Crippen LogP contribution in [0.3, 0.4) is 0 Å². The number of piperidine rings is 2. The number of aryl methyl sites for hydroxylation is 1. The second kappa shape index (κ2) is 10.1. The van der Waals surface area contributed by atoms with Gasteiger partial charge in [0.15, 0.2) is 0 Å². The molecule has 0 spiro atoms. The number of hydrogen-bond donors (Lipinski definition) is 1. The van der Waals surface area contributed by atoms with Crippen molar-refractivity contribution >= 4 is 21.8 Å². The first-order valence-corrected chi connectivity index (χ1v) is 12.8. The van der Waals surface area contributed by atoms with Gasteiger partial charge in [-0.25, -0.2) is 8.42 Å². The second-order valence-electron chi connectivity index (χ2n) is 8.91. The van der Waals surface area contributed by atoms with Crippen molar-refractivity contribution in [1.29, 1.82) is 0 Å². The van der Waals surface area contributed by atoms with Gasteiger partial charge in [-0.05, 0) is 58.1 Å². The predicted molar refractivity (Wildman–Crippen MR) is 120 cm³/mol. The number of rotatable bonds is 6. The molecule has 2 aliphatic rings. The summed E-state index contributed by atoms with van der Waals surface area (Å²) in [5.41, 5.74) is 1.02. The van der Waals surface area contributed by atoms with Gasteiger partial charge in [-0.2, -0.15) is 4.31 Å². The molecule has 0 unspecified atom stereocenters. The van der Waals surface area contributed by atoms with Gasteiger partial charge in [0.1, 0.15) is 0 Å². The van der Waals surface area contributed by atoms with Crippen molar-refractivity contribution in [2.45, 2.75) is 63.8 Å². The number of nitrogens with one attached hydrogen (secondary N) is 1. The summed E-state index contributed by atoms with van der Waals surface area (Å²) in [5, 5.41) is 3.04. The summed E-state index contributed by atoms with van der Waals surface area (Å²) in [6, 6.07) is 7.06. The average molecular weight is 450 g/mol. The molecule has 7 nitrogen and oxygen atoms in total. The summed E-state index contributed by atoms with van der Waals surface area (Å²) in [7, 11) is -3.52. The van der Waals surface area contributed by atoms with Crippen LogP contribution in [0, 0.1) is 18.8 Å². The number of carbonyl (C=O) groups excluding carboxylic acids is 2. The molecule has 0 radical (unpaired) electrons. The minimum absolute atomic E-state index is 0.0282. The zero-order chi connectivity index (χ0) is 22.6. The number of likely N-dealkylation sites (tertiary alicyclic amines) is 1. The summed E-state index contributed by atoms with van der Waals surface area (Å²) in [4.78, 5) is 27.5. The Labute approximate surface area is 186 Å². The van der Waals surface area contributed by atoms with Gasteiger partial charge in [0.25, 0.3) is 0 Å². The molecule has 1 N–H and O–H groups in total. The molecule has 2 saturated heterocycles. The monoisotopic (exact) mass is 449 g/mol.